The monoisotopic (exact) mass is 223 g/mol. The third-order valence-corrected chi connectivity index (χ3v) is 2.43. The Morgan fingerprint density at radius 2 is 2.00 bits per heavy atom. The van der Waals surface area contributed by atoms with E-state index in [2.05, 4.69) is 5.32 Å². The number of aliphatic hydroxyl groups excluding tert-OH is 1. The first-order valence-electron chi connectivity index (χ1n) is 5.27. The van der Waals surface area contributed by atoms with Crippen molar-refractivity contribution < 1.29 is 15.0 Å². The molecule has 0 aromatic heterocycles. The van der Waals surface area contributed by atoms with Crippen molar-refractivity contribution in [1.29, 1.82) is 0 Å². The molecule has 0 bridgehead atoms. The lowest BCUT2D eigenvalue weighted by atomic mass is 10.1. The number of hydrogen-bond donors (Lipinski definition) is 3. The van der Waals surface area contributed by atoms with Gasteiger partial charge in [0.25, 0.3) is 0 Å². The lowest BCUT2D eigenvalue weighted by Crippen LogP contribution is -2.36. The van der Waals surface area contributed by atoms with E-state index in [9.17, 15) is 4.79 Å². The summed E-state index contributed by atoms with van der Waals surface area (Å²) < 4.78 is 0. The van der Waals surface area contributed by atoms with E-state index in [-0.39, 0.29) is 19.1 Å². The molecule has 0 aliphatic carbocycles. The number of carboxylic acid groups (broad SMARTS) is 1. The fourth-order valence-corrected chi connectivity index (χ4v) is 1.58. The Balaban J connectivity index is 2.55. The molecule has 0 fully saturated rings. The summed E-state index contributed by atoms with van der Waals surface area (Å²) in [5.74, 6) is -0.910. The zero-order valence-electron chi connectivity index (χ0n) is 9.26. The van der Waals surface area contributed by atoms with Gasteiger partial charge in [0.2, 0.25) is 0 Å². The summed E-state index contributed by atoms with van der Waals surface area (Å²) in [5, 5.41) is 20.8. The lowest BCUT2D eigenvalue weighted by molar-refractivity contribution is -0.137. The van der Waals surface area contributed by atoms with Crippen LogP contribution in [0, 0.1) is 0 Å². The Kier molecular flexibility index (Phi) is 4.95. The molecular weight excluding hydrogens is 206 g/mol. The molecule has 88 valence electrons. The largest absolute Gasteiger partial charge is 0.481 e. The van der Waals surface area contributed by atoms with Crippen LogP contribution in [0.4, 0.5) is 0 Å². The van der Waals surface area contributed by atoms with Gasteiger partial charge in [-0.15, -0.1) is 0 Å². The van der Waals surface area contributed by atoms with Crippen molar-refractivity contribution in [3.8, 4) is 0 Å². The van der Waals surface area contributed by atoms with Gasteiger partial charge >= 0.3 is 5.97 Å². The minimum Gasteiger partial charge on any atom is -0.481 e. The number of aliphatic hydroxyl groups is 1. The van der Waals surface area contributed by atoms with E-state index in [0.29, 0.717) is 0 Å². The number of hydrogen-bond acceptors (Lipinski definition) is 3. The molecule has 0 amide bonds. The topological polar surface area (TPSA) is 69.6 Å². The number of benzene rings is 1. The second kappa shape index (κ2) is 6.25. The summed E-state index contributed by atoms with van der Waals surface area (Å²) in [6, 6.07) is 9.33. The minimum atomic E-state index is -0.910. The zero-order chi connectivity index (χ0) is 12.0. The molecule has 0 heterocycles. The Hall–Kier alpha value is -1.39. The highest BCUT2D eigenvalue weighted by molar-refractivity contribution is 5.67. The molecule has 0 spiro atoms. The fraction of sp³-hybridized carbons (Fsp3) is 0.417. The molecule has 2 atom stereocenters. The third-order valence-electron chi connectivity index (χ3n) is 2.43. The maximum Gasteiger partial charge on any atom is 0.305 e. The minimum absolute atomic E-state index is 0.0256. The Bertz CT molecular complexity index is 326. The van der Waals surface area contributed by atoms with Crippen LogP contribution >= 0.6 is 0 Å². The third kappa shape index (κ3) is 4.00. The van der Waals surface area contributed by atoms with E-state index in [4.69, 9.17) is 10.2 Å². The van der Waals surface area contributed by atoms with Gasteiger partial charge in [-0.3, -0.25) is 4.79 Å². The fourth-order valence-electron chi connectivity index (χ4n) is 1.58. The molecule has 0 saturated carbocycles. The maximum atomic E-state index is 10.5. The molecule has 2 unspecified atom stereocenters. The van der Waals surface area contributed by atoms with Crippen LogP contribution in [0.5, 0.6) is 0 Å². The van der Waals surface area contributed by atoms with Gasteiger partial charge in [0, 0.05) is 12.1 Å². The summed E-state index contributed by atoms with van der Waals surface area (Å²) in [6.07, 6.45) is -0.0757. The van der Waals surface area contributed by atoms with Crippen LogP contribution in [0.2, 0.25) is 0 Å². The van der Waals surface area contributed by atoms with E-state index < -0.39 is 12.0 Å². The predicted octanol–water partition coefficient (Wildman–Crippen LogP) is 1.17. The van der Waals surface area contributed by atoms with Gasteiger partial charge in [-0.2, -0.15) is 0 Å². The molecule has 4 nitrogen and oxygen atoms in total. The SMILES string of the molecule is CC(NC(CO)CC(=O)O)c1ccccc1. The lowest BCUT2D eigenvalue weighted by Gasteiger charge is -2.20. The summed E-state index contributed by atoms with van der Waals surface area (Å²) in [4.78, 5) is 10.5. The van der Waals surface area contributed by atoms with Crippen LogP contribution in [-0.2, 0) is 4.79 Å². The van der Waals surface area contributed by atoms with E-state index in [1.807, 2.05) is 37.3 Å². The van der Waals surface area contributed by atoms with Crippen molar-refractivity contribution >= 4 is 5.97 Å². The van der Waals surface area contributed by atoms with Crippen molar-refractivity contribution in [2.45, 2.75) is 25.4 Å². The first-order valence-corrected chi connectivity index (χ1v) is 5.27. The van der Waals surface area contributed by atoms with Crippen molar-refractivity contribution in [3.05, 3.63) is 35.9 Å². The van der Waals surface area contributed by atoms with Crippen molar-refractivity contribution in [2.75, 3.05) is 6.61 Å². The highest BCUT2D eigenvalue weighted by Crippen LogP contribution is 2.12. The van der Waals surface area contributed by atoms with E-state index in [1.165, 1.54) is 0 Å². The van der Waals surface area contributed by atoms with Crippen molar-refractivity contribution in [2.24, 2.45) is 0 Å². The van der Waals surface area contributed by atoms with Crippen LogP contribution in [0.15, 0.2) is 30.3 Å². The quantitative estimate of drug-likeness (QED) is 0.677. The number of carbonyl (C=O) groups is 1. The van der Waals surface area contributed by atoms with Crippen molar-refractivity contribution in [3.63, 3.8) is 0 Å². The second-order valence-electron chi connectivity index (χ2n) is 3.78. The molecule has 4 heteroatoms. The molecule has 3 N–H and O–H groups in total. The molecule has 16 heavy (non-hydrogen) atoms. The number of aliphatic carboxylic acids is 1. The van der Waals surface area contributed by atoms with Crippen LogP contribution in [-0.4, -0.2) is 28.8 Å². The van der Waals surface area contributed by atoms with E-state index >= 15 is 0 Å². The first kappa shape index (κ1) is 12.7. The number of nitrogens with one attached hydrogen (secondary N) is 1. The molecular formula is C12H17NO3. The Morgan fingerprint density at radius 3 is 2.50 bits per heavy atom. The highest BCUT2D eigenvalue weighted by atomic mass is 16.4. The average Bonchev–Trinajstić information content (AvgIpc) is 2.28. The second-order valence-corrected chi connectivity index (χ2v) is 3.78. The standard InChI is InChI=1S/C12H17NO3/c1-9(10-5-3-2-4-6-10)13-11(8-14)7-12(15)16/h2-6,9,11,13-14H,7-8H2,1H3,(H,15,16). The van der Waals surface area contributed by atoms with Crippen LogP contribution in [0.1, 0.15) is 24.9 Å². The normalized spacial score (nSPS) is 14.4. The molecule has 1 aromatic rings. The van der Waals surface area contributed by atoms with Crippen LogP contribution in [0.3, 0.4) is 0 Å². The van der Waals surface area contributed by atoms with Gasteiger partial charge in [-0.25, -0.2) is 0 Å². The molecule has 0 aliphatic rings. The van der Waals surface area contributed by atoms with Crippen molar-refractivity contribution in [1.82, 2.24) is 5.32 Å². The van der Waals surface area contributed by atoms with Gasteiger partial charge < -0.3 is 15.5 Å². The predicted molar refractivity (Wildman–Crippen MR) is 61.1 cm³/mol. The highest BCUT2D eigenvalue weighted by Gasteiger charge is 2.15. The van der Waals surface area contributed by atoms with Gasteiger partial charge in [-0.1, -0.05) is 30.3 Å². The summed E-state index contributed by atoms with van der Waals surface area (Å²) in [5.41, 5.74) is 1.08. The molecule has 0 radical (unpaired) electrons. The first-order chi connectivity index (χ1) is 7.63. The Labute approximate surface area is 94.9 Å². The van der Waals surface area contributed by atoms with Crippen LogP contribution in [0.25, 0.3) is 0 Å². The molecule has 0 saturated heterocycles. The zero-order valence-corrected chi connectivity index (χ0v) is 9.26. The summed E-state index contributed by atoms with van der Waals surface area (Å²) >= 11 is 0. The number of rotatable bonds is 6. The van der Waals surface area contributed by atoms with Gasteiger partial charge in [0.15, 0.2) is 0 Å². The van der Waals surface area contributed by atoms with E-state index in [0.717, 1.165) is 5.56 Å². The number of carboxylic acids is 1. The van der Waals surface area contributed by atoms with E-state index in [1.54, 1.807) is 0 Å². The van der Waals surface area contributed by atoms with Gasteiger partial charge in [-0.05, 0) is 12.5 Å². The van der Waals surface area contributed by atoms with Gasteiger partial charge in [0.1, 0.15) is 0 Å². The average molecular weight is 223 g/mol. The smallest absolute Gasteiger partial charge is 0.305 e. The van der Waals surface area contributed by atoms with Gasteiger partial charge in [0.05, 0.1) is 13.0 Å². The summed E-state index contributed by atoms with van der Waals surface area (Å²) in [7, 11) is 0. The molecule has 1 aromatic carbocycles. The maximum absolute atomic E-state index is 10.5. The molecule has 1 rings (SSSR count). The Morgan fingerprint density at radius 1 is 1.38 bits per heavy atom. The molecule has 0 aliphatic heterocycles. The summed E-state index contributed by atoms with van der Waals surface area (Å²) in [6.45, 7) is 1.77. The van der Waals surface area contributed by atoms with Crippen LogP contribution < -0.4 is 5.32 Å².